The third-order valence-corrected chi connectivity index (χ3v) is 5.89. The molecule has 2 aromatic rings. The predicted octanol–water partition coefficient (Wildman–Crippen LogP) is 0.816. The first kappa shape index (κ1) is 20.3. The van der Waals surface area contributed by atoms with Crippen LogP contribution < -0.4 is 11.0 Å². The van der Waals surface area contributed by atoms with Gasteiger partial charge in [0.05, 0.1) is 17.1 Å². The minimum Gasteiger partial charge on any atom is -0.367 e. The first-order chi connectivity index (χ1) is 14.1. The lowest BCUT2D eigenvalue weighted by Gasteiger charge is -2.35. The molecule has 0 spiro atoms. The summed E-state index contributed by atoms with van der Waals surface area (Å²) in [4.78, 5) is 57.0. The molecule has 30 heavy (non-hydrogen) atoms. The molecule has 2 saturated heterocycles. The molecule has 9 nitrogen and oxygen atoms in total. The lowest BCUT2D eigenvalue weighted by molar-refractivity contribution is -0.140. The van der Waals surface area contributed by atoms with E-state index in [1.54, 1.807) is 23.1 Å². The van der Waals surface area contributed by atoms with Crippen molar-refractivity contribution in [2.75, 3.05) is 13.2 Å². The Kier molecular flexibility index (Phi) is 4.80. The molecule has 9 heteroatoms. The third-order valence-electron chi connectivity index (χ3n) is 5.89. The Labute approximate surface area is 173 Å². The average molecular weight is 414 g/mol. The van der Waals surface area contributed by atoms with E-state index in [4.69, 9.17) is 4.74 Å². The monoisotopic (exact) mass is 414 g/mol. The zero-order valence-corrected chi connectivity index (χ0v) is 17.4. The number of fused-ring (bicyclic) bond motifs is 2. The van der Waals surface area contributed by atoms with Gasteiger partial charge in [0.2, 0.25) is 5.91 Å². The summed E-state index contributed by atoms with van der Waals surface area (Å²) in [5, 5.41) is 2.85. The van der Waals surface area contributed by atoms with Crippen molar-refractivity contribution < 1.29 is 19.1 Å². The van der Waals surface area contributed by atoms with Gasteiger partial charge in [-0.25, -0.2) is 4.79 Å². The number of aromatic amines is 2. The van der Waals surface area contributed by atoms with Gasteiger partial charge in [-0.2, -0.15) is 0 Å². The van der Waals surface area contributed by atoms with E-state index in [1.807, 2.05) is 27.7 Å². The summed E-state index contributed by atoms with van der Waals surface area (Å²) in [7, 11) is 0. The molecular formula is C21H26N4O5. The number of rotatable bonds is 3. The van der Waals surface area contributed by atoms with Gasteiger partial charge in [0, 0.05) is 18.0 Å². The van der Waals surface area contributed by atoms with Crippen LogP contribution in [0.4, 0.5) is 0 Å². The van der Waals surface area contributed by atoms with E-state index in [9.17, 15) is 19.2 Å². The molecule has 2 aliphatic rings. The Hall–Kier alpha value is -2.94. The van der Waals surface area contributed by atoms with Crippen LogP contribution in [0.5, 0.6) is 0 Å². The predicted molar refractivity (Wildman–Crippen MR) is 109 cm³/mol. The number of hydrogen-bond donors (Lipinski definition) is 3. The van der Waals surface area contributed by atoms with Crippen molar-refractivity contribution in [3.63, 3.8) is 0 Å². The number of benzene rings is 1. The van der Waals surface area contributed by atoms with Gasteiger partial charge in [-0.3, -0.25) is 14.4 Å². The van der Waals surface area contributed by atoms with Crippen molar-refractivity contribution in [3.05, 3.63) is 34.2 Å². The number of aromatic nitrogens is 2. The molecular weight excluding hydrogens is 388 g/mol. The summed E-state index contributed by atoms with van der Waals surface area (Å²) in [5.74, 6) is -0.761. The summed E-state index contributed by atoms with van der Waals surface area (Å²) >= 11 is 0. The minimum absolute atomic E-state index is 0.0187. The fourth-order valence-corrected chi connectivity index (χ4v) is 4.32. The molecule has 0 saturated carbocycles. The van der Waals surface area contributed by atoms with Crippen molar-refractivity contribution >= 4 is 28.6 Å². The lowest BCUT2D eigenvalue weighted by atomic mass is 9.85. The summed E-state index contributed by atoms with van der Waals surface area (Å²) in [6, 6.07) is 3.38. The molecule has 0 unspecified atom stereocenters. The largest absolute Gasteiger partial charge is 0.367 e. The van der Waals surface area contributed by atoms with E-state index < -0.39 is 23.4 Å². The maximum Gasteiger partial charge on any atom is 0.323 e. The highest BCUT2D eigenvalue weighted by Crippen LogP contribution is 2.33. The number of carbonyl (C=O) groups excluding carboxylic acids is 3. The SMILES string of the molecule is C[C@H]1CN(C(=O)[C@@H](NC(=O)c2ccc3[nH]c(=O)[nH]c3c2)C(C)(C)C)[C@@H]2C(=O)CO[C@@H]21. The van der Waals surface area contributed by atoms with Gasteiger partial charge >= 0.3 is 5.69 Å². The molecule has 0 radical (unpaired) electrons. The fraction of sp³-hybridized carbons (Fsp3) is 0.524. The molecule has 4 atom stereocenters. The number of nitrogens with one attached hydrogen (secondary N) is 3. The molecule has 2 aliphatic heterocycles. The van der Waals surface area contributed by atoms with Crippen molar-refractivity contribution in [2.24, 2.45) is 11.3 Å². The normalized spacial score (nSPS) is 24.9. The standard InChI is InChI=1S/C21H26N4O5/c1-10-8-25(15-14(26)9-30-16(10)15)19(28)17(21(2,3)4)24-18(27)11-5-6-12-13(7-11)23-20(29)22-12/h5-7,10,15-17H,8-9H2,1-4H3,(H,24,27)(H2,22,23,29)/t10-,15+,16+,17+/m0/s1. The van der Waals surface area contributed by atoms with Crippen LogP contribution in [0.25, 0.3) is 11.0 Å². The molecule has 0 bridgehead atoms. The van der Waals surface area contributed by atoms with Gasteiger partial charge in [-0.15, -0.1) is 0 Å². The third kappa shape index (κ3) is 3.43. The minimum atomic E-state index is -0.828. The van der Waals surface area contributed by atoms with E-state index in [0.717, 1.165) is 0 Å². The Morgan fingerprint density at radius 1 is 1.20 bits per heavy atom. The fourth-order valence-electron chi connectivity index (χ4n) is 4.32. The van der Waals surface area contributed by atoms with E-state index in [0.29, 0.717) is 23.1 Å². The summed E-state index contributed by atoms with van der Waals surface area (Å²) < 4.78 is 5.58. The number of imidazole rings is 1. The number of likely N-dealkylation sites (tertiary alicyclic amines) is 1. The van der Waals surface area contributed by atoms with Crippen LogP contribution in [0, 0.1) is 11.3 Å². The van der Waals surface area contributed by atoms with E-state index in [2.05, 4.69) is 15.3 Å². The Balaban J connectivity index is 1.59. The molecule has 160 valence electrons. The molecule has 4 rings (SSSR count). The topological polar surface area (TPSA) is 124 Å². The highest BCUT2D eigenvalue weighted by molar-refractivity contribution is 6.01. The number of carbonyl (C=O) groups is 3. The maximum atomic E-state index is 13.5. The molecule has 2 fully saturated rings. The lowest BCUT2D eigenvalue weighted by Crippen LogP contribution is -2.57. The molecule has 0 aliphatic carbocycles. The van der Waals surface area contributed by atoms with Crippen LogP contribution >= 0.6 is 0 Å². The van der Waals surface area contributed by atoms with Gasteiger partial charge < -0.3 is 24.9 Å². The zero-order valence-electron chi connectivity index (χ0n) is 17.4. The highest BCUT2D eigenvalue weighted by Gasteiger charge is 2.52. The first-order valence-corrected chi connectivity index (χ1v) is 10.0. The number of nitrogens with zero attached hydrogens (tertiary/aromatic N) is 1. The summed E-state index contributed by atoms with van der Waals surface area (Å²) in [5.41, 5.74) is 0.496. The Bertz CT molecular complexity index is 1080. The number of amides is 2. The number of ether oxygens (including phenoxy) is 1. The van der Waals surface area contributed by atoms with Crippen LogP contribution in [0.1, 0.15) is 38.1 Å². The zero-order chi connectivity index (χ0) is 21.8. The van der Waals surface area contributed by atoms with Crippen molar-refractivity contribution in [1.82, 2.24) is 20.2 Å². The van der Waals surface area contributed by atoms with Gasteiger partial charge in [-0.1, -0.05) is 27.7 Å². The summed E-state index contributed by atoms with van der Waals surface area (Å²) in [6.07, 6.45) is -0.286. The number of hydrogen-bond acceptors (Lipinski definition) is 5. The average Bonchev–Trinajstić information content (AvgIpc) is 3.32. The second kappa shape index (κ2) is 7.09. The van der Waals surface area contributed by atoms with Gasteiger partial charge in [0.25, 0.3) is 5.91 Å². The van der Waals surface area contributed by atoms with Crippen molar-refractivity contribution in [2.45, 2.75) is 45.9 Å². The van der Waals surface area contributed by atoms with Gasteiger partial charge in [0.1, 0.15) is 18.7 Å². The van der Waals surface area contributed by atoms with E-state index in [-0.39, 0.29) is 36.0 Å². The maximum absolute atomic E-state index is 13.5. The smallest absolute Gasteiger partial charge is 0.323 e. The number of Topliss-reactive ketones (excluding diaryl/α,β-unsaturated/α-hetero) is 1. The van der Waals surface area contributed by atoms with Crippen LogP contribution in [-0.4, -0.2) is 63.8 Å². The van der Waals surface area contributed by atoms with Crippen molar-refractivity contribution in [3.8, 4) is 0 Å². The van der Waals surface area contributed by atoms with Crippen LogP contribution in [-0.2, 0) is 14.3 Å². The Morgan fingerprint density at radius 3 is 2.60 bits per heavy atom. The highest BCUT2D eigenvalue weighted by atomic mass is 16.5. The molecule has 1 aromatic heterocycles. The quantitative estimate of drug-likeness (QED) is 0.686. The van der Waals surface area contributed by atoms with Gasteiger partial charge in [-0.05, 0) is 23.6 Å². The van der Waals surface area contributed by atoms with E-state index in [1.165, 1.54) is 0 Å². The first-order valence-electron chi connectivity index (χ1n) is 10.0. The van der Waals surface area contributed by atoms with Crippen LogP contribution in [0.2, 0.25) is 0 Å². The molecule has 1 aromatic carbocycles. The number of ketones is 1. The van der Waals surface area contributed by atoms with E-state index >= 15 is 0 Å². The van der Waals surface area contributed by atoms with Crippen molar-refractivity contribution in [1.29, 1.82) is 0 Å². The number of H-pyrrole nitrogens is 2. The second-order valence-electron chi connectivity index (χ2n) is 9.27. The summed E-state index contributed by atoms with van der Waals surface area (Å²) in [6.45, 7) is 8.00. The van der Waals surface area contributed by atoms with Crippen LogP contribution in [0.15, 0.2) is 23.0 Å². The molecule has 2 amide bonds. The van der Waals surface area contributed by atoms with Crippen LogP contribution in [0.3, 0.4) is 0 Å². The second-order valence-corrected chi connectivity index (χ2v) is 9.27. The molecule has 3 heterocycles. The van der Waals surface area contributed by atoms with Gasteiger partial charge in [0.15, 0.2) is 5.78 Å². The Morgan fingerprint density at radius 2 is 1.90 bits per heavy atom. The molecule has 3 N–H and O–H groups in total.